The zero-order valence-corrected chi connectivity index (χ0v) is 11.6. The van der Waals surface area contributed by atoms with Gasteiger partial charge < -0.3 is 14.2 Å². The van der Waals surface area contributed by atoms with Gasteiger partial charge in [-0.15, -0.1) is 0 Å². The molecule has 3 unspecified atom stereocenters. The van der Waals surface area contributed by atoms with E-state index in [2.05, 4.69) is 15.9 Å². The summed E-state index contributed by atoms with van der Waals surface area (Å²) in [4.78, 5) is 0.408. The molecule has 1 aromatic rings. The van der Waals surface area contributed by atoms with E-state index in [0.29, 0.717) is 4.83 Å². The molecule has 0 heterocycles. The zero-order chi connectivity index (χ0) is 12.3. The Hall–Kier alpha value is -0.740. The molecular weight excluding hydrogens is 284 g/mol. The minimum Gasteiger partial charge on any atom is -0.497 e. The van der Waals surface area contributed by atoms with Crippen molar-refractivity contribution in [3.63, 3.8) is 0 Å². The molecule has 94 valence electrons. The first-order valence-corrected chi connectivity index (χ1v) is 6.72. The molecule has 1 saturated carbocycles. The van der Waals surface area contributed by atoms with E-state index in [1.165, 1.54) is 0 Å². The summed E-state index contributed by atoms with van der Waals surface area (Å²) in [5.74, 6) is 1.70. The van der Waals surface area contributed by atoms with Gasteiger partial charge >= 0.3 is 0 Å². The highest BCUT2D eigenvalue weighted by Crippen LogP contribution is 2.34. The smallest absolute Gasteiger partial charge is 0.127 e. The van der Waals surface area contributed by atoms with E-state index in [-0.39, 0.29) is 12.2 Å². The van der Waals surface area contributed by atoms with Crippen LogP contribution >= 0.6 is 15.9 Å². The summed E-state index contributed by atoms with van der Waals surface area (Å²) in [5.41, 5.74) is 0. The Labute approximate surface area is 110 Å². The van der Waals surface area contributed by atoms with Crippen LogP contribution in [0.5, 0.6) is 11.5 Å². The molecule has 1 aliphatic rings. The van der Waals surface area contributed by atoms with Gasteiger partial charge in [0.2, 0.25) is 0 Å². The van der Waals surface area contributed by atoms with Crippen molar-refractivity contribution in [2.75, 3.05) is 13.7 Å². The molecule has 0 spiro atoms. The Morgan fingerprint density at radius 1 is 1.24 bits per heavy atom. The molecule has 3 nitrogen and oxygen atoms in total. The lowest BCUT2D eigenvalue weighted by Crippen LogP contribution is -2.52. The van der Waals surface area contributed by atoms with Crippen molar-refractivity contribution in [3.8, 4) is 11.5 Å². The van der Waals surface area contributed by atoms with E-state index in [9.17, 15) is 0 Å². The number of rotatable bonds is 5. The topological polar surface area (TPSA) is 27.7 Å². The van der Waals surface area contributed by atoms with E-state index in [4.69, 9.17) is 14.2 Å². The minimum absolute atomic E-state index is 0.146. The molecule has 0 aromatic heterocycles. The molecule has 0 radical (unpaired) electrons. The third kappa shape index (κ3) is 2.93. The minimum atomic E-state index is 0.146. The second kappa shape index (κ2) is 5.74. The van der Waals surface area contributed by atoms with Crippen molar-refractivity contribution in [1.82, 2.24) is 0 Å². The molecule has 0 saturated heterocycles. The highest BCUT2D eigenvalue weighted by molar-refractivity contribution is 9.09. The second-order valence-corrected chi connectivity index (χ2v) is 5.18. The molecule has 1 fully saturated rings. The normalized spacial score (nSPS) is 27.4. The Kier molecular flexibility index (Phi) is 4.29. The molecule has 1 aliphatic carbocycles. The molecule has 2 rings (SSSR count). The maximum Gasteiger partial charge on any atom is 0.127 e. The number of hydrogen-bond donors (Lipinski definition) is 0. The summed E-state index contributed by atoms with van der Waals surface area (Å²) < 4.78 is 16.6. The summed E-state index contributed by atoms with van der Waals surface area (Å²) in [6.07, 6.45) is 1.28. The van der Waals surface area contributed by atoms with Crippen LogP contribution < -0.4 is 9.47 Å². The Bertz CT molecular complexity index is 352. The van der Waals surface area contributed by atoms with E-state index < -0.39 is 0 Å². The van der Waals surface area contributed by atoms with E-state index in [0.717, 1.165) is 24.5 Å². The molecule has 0 aliphatic heterocycles. The van der Waals surface area contributed by atoms with Crippen LogP contribution in [0, 0.1) is 0 Å². The molecule has 17 heavy (non-hydrogen) atoms. The van der Waals surface area contributed by atoms with Crippen molar-refractivity contribution >= 4 is 15.9 Å². The maximum atomic E-state index is 5.87. The fourth-order valence-corrected chi connectivity index (χ4v) is 2.74. The van der Waals surface area contributed by atoms with Gasteiger partial charge in [-0.3, -0.25) is 0 Å². The average Bonchev–Trinajstić information content (AvgIpc) is 2.36. The van der Waals surface area contributed by atoms with Crippen molar-refractivity contribution in [3.05, 3.63) is 24.3 Å². The molecule has 3 atom stereocenters. The van der Waals surface area contributed by atoms with Crippen LogP contribution in [0.25, 0.3) is 0 Å². The summed E-state index contributed by atoms with van der Waals surface area (Å²) in [5, 5.41) is 0. The van der Waals surface area contributed by atoms with Crippen molar-refractivity contribution in [2.45, 2.75) is 30.4 Å². The molecular formula is C13H17BrO3. The first kappa shape index (κ1) is 12.7. The van der Waals surface area contributed by atoms with Gasteiger partial charge in [0.1, 0.15) is 23.7 Å². The average molecular weight is 301 g/mol. The van der Waals surface area contributed by atoms with Crippen LogP contribution in [0.4, 0.5) is 0 Å². The zero-order valence-electron chi connectivity index (χ0n) is 10.1. The van der Waals surface area contributed by atoms with Gasteiger partial charge in [0.25, 0.3) is 0 Å². The fourth-order valence-electron chi connectivity index (χ4n) is 1.88. The Morgan fingerprint density at radius 2 is 1.88 bits per heavy atom. The predicted octanol–water partition coefficient (Wildman–Crippen LogP) is 3.01. The largest absolute Gasteiger partial charge is 0.497 e. The van der Waals surface area contributed by atoms with Crippen molar-refractivity contribution in [2.24, 2.45) is 0 Å². The lowest BCUT2D eigenvalue weighted by molar-refractivity contribution is -0.0723. The third-order valence-electron chi connectivity index (χ3n) is 2.89. The van der Waals surface area contributed by atoms with Crippen LogP contribution in [0.15, 0.2) is 24.3 Å². The van der Waals surface area contributed by atoms with Gasteiger partial charge in [-0.25, -0.2) is 0 Å². The molecule has 0 bridgehead atoms. The molecule has 0 N–H and O–H groups in total. The number of ether oxygens (including phenoxy) is 3. The lowest BCUT2D eigenvalue weighted by Gasteiger charge is -2.40. The first-order chi connectivity index (χ1) is 8.24. The summed E-state index contributed by atoms with van der Waals surface area (Å²) in [7, 11) is 1.66. The number of benzene rings is 1. The lowest BCUT2D eigenvalue weighted by atomic mass is 9.91. The van der Waals surface area contributed by atoms with Gasteiger partial charge in [0.15, 0.2) is 0 Å². The standard InChI is InChI=1S/C13H17BrO3/c1-3-16-13-11(14)8-12(13)17-10-6-4-9(15-2)5-7-10/h4-7,11-13H,3,8H2,1-2H3. The van der Waals surface area contributed by atoms with Crippen LogP contribution in [-0.4, -0.2) is 30.8 Å². The number of hydrogen-bond acceptors (Lipinski definition) is 3. The predicted molar refractivity (Wildman–Crippen MR) is 70.2 cm³/mol. The fraction of sp³-hybridized carbons (Fsp3) is 0.538. The SMILES string of the molecule is CCOC1C(Br)CC1Oc1ccc(OC)cc1. The van der Waals surface area contributed by atoms with Gasteiger partial charge in [0.05, 0.1) is 7.11 Å². The van der Waals surface area contributed by atoms with Gasteiger partial charge in [-0.05, 0) is 31.2 Å². The number of alkyl halides is 1. The molecule has 1 aromatic carbocycles. The Morgan fingerprint density at radius 3 is 2.41 bits per heavy atom. The van der Waals surface area contributed by atoms with Gasteiger partial charge in [-0.1, -0.05) is 15.9 Å². The number of halogens is 1. The highest BCUT2D eigenvalue weighted by atomic mass is 79.9. The van der Waals surface area contributed by atoms with Crippen LogP contribution in [0.1, 0.15) is 13.3 Å². The van der Waals surface area contributed by atoms with Crippen LogP contribution in [-0.2, 0) is 4.74 Å². The third-order valence-corrected chi connectivity index (χ3v) is 3.78. The molecule has 4 heteroatoms. The summed E-state index contributed by atoms with van der Waals surface area (Å²) >= 11 is 3.58. The van der Waals surface area contributed by atoms with Crippen molar-refractivity contribution < 1.29 is 14.2 Å². The van der Waals surface area contributed by atoms with Crippen LogP contribution in [0.2, 0.25) is 0 Å². The number of methoxy groups -OCH3 is 1. The summed E-state index contributed by atoms with van der Waals surface area (Å²) in [6.45, 7) is 2.72. The summed E-state index contributed by atoms with van der Waals surface area (Å²) in [6, 6.07) is 7.64. The van der Waals surface area contributed by atoms with E-state index >= 15 is 0 Å². The monoisotopic (exact) mass is 300 g/mol. The quantitative estimate of drug-likeness (QED) is 0.783. The van der Waals surface area contributed by atoms with E-state index in [1.807, 2.05) is 31.2 Å². The van der Waals surface area contributed by atoms with Crippen LogP contribution in [0.3, 0.4) is 0 Å². The van der Waals surface area contributed by atoms with Crippen molar-refractivity contribution in [1.29, 1.82) is 0 Å². The maximum absolute atomic E-state index is 5.87. The Balaban J connectivity index is 1.92. The second-order valence-electron chi connectivity index (χ2n) is 4.00. The van der Waals surface area contributed by atoms with Gasteiger partial charge in [-0.2, -0.15) is 0 Å². The van der Waals surface area contributed by atoms with E-state index in [1.54, 1.807) is 7.11 Å². The highest BCUT2D eigenvalue weighted by Gasteiger charge is 2.42. The first-order valence-electron chi connectivity index (χ1n) is 5.81. The van der Waals surface area contributed by atoms with Gasteiger partial charge in [0, 0.05) is 17.9 Å². The molecule has 0 amide bonds.